The van der Waals surface area contributed by atoms with E-state index in [9.17, 15) is 9.90 Å². The van der Waals surface area contributed by atoms with Crippen molar-refractivity contribution in [3.63, 3.8) is 0 Å². The highest BCUT2D eigenvalue weighted by molar-refractivity contribution is 7.98. The summed E-state index contributed by atoms with van der Waals surface area (Å²) in [6.07, 6.45) is 2.29. The summed E-state index contributed by atoms with van der Waals surface area (Å²) in [6.45, 7) is 6.67. The van der Waals surface area contributed by atoms with E-state index in [2.05, 4.69) is 15.0 Å². The van der Waals surface area contributed by atoms with Gasteiger partial charge in [-0.2, -0.15) is 9.97 Å². The zero-order valence-corrected chi connectivity index (χ0v) is 13.4. The molecule has 2 aromatic heterocycles. The van der Waals surface area contributed by atoms with Crippen LogP contribution in [-0.2, 0) is 13.0 Å². The fraction of sp³-hybridized carbons (Fsp3) is 0.538. The average molecular weight is 309 g/mol. The predicted molar refractivity (Wildman–Crippen MR) is 81.8 cm³/mol. The Morgan fingerprint density at radius 1 is 1.29 bits per heavy atom. The lowest BCUT2D eigenvalue weighted by molar-refractivity contribution is 0.406. The van der Waals surface area contributed by atoms with Crippen molar-refractivity contribution in [2.75, 3.05) is 12.8 Å². The number of aryl methyl sites for hydroxylation is 1. The van der Waals surface area contributed by atoms with Crippen molar-refractivity contribution in [2.24, 2.45) is 4.99 Å². The number of hydrogen-bond donors (Lipinski definition) is 1. The van der Waals surface area contributed by atoms with Gasteiger partial charge in [-0.05, 0) is 26.5 Å². The molecule has 0 radical (unpaired) electrons. The van der Waals surface area contributed by atoms with E-state index in [0.717, 1.165) is 0 Å². The highest BCUT2D eigenvalue weighted by Crippen LogP contribution is 2.18. The number of thioether (sulfide) groups is 1. The standard InChI is InChI=1S/C13H19N5O2S/c1-5-8-9(19)17(7-3)12-15-11(14-6-2)16-13(21-4)18(12)10(8)20/h19H,5-7H2,1-4H3. The van der Waals surface area contributed by atoms with E-state index in [0.29, 0.717) is 41.6 Å². The summed E-state index contributed by atoms with van der Waals surface area (Å²) in [6, 6.07) is 0. The molecule has 0 spiro atoms. The minimum atomic E-state index is -0.276. The first-order chi connectivity index (χ1) is 10.1. The molecule has 0 aliphatic carbocycles. The first kappa shape index (κ1) is 15.6. The third-order valence-corrected chi connectivity index (χ3v) is 3.81. The van der Waals surface area contributed by atoms with Crippen LogP contribution < -0.4 is 11.2 Å². The molecule has 0 amide bonds. The van der Waals surface area contributed by atoms with Crippen LogP contribution in [0.15, 0.2) is 14.9 Å². The smallest absolute Gasteiger partial charge is 0.268 e. The Balaban J connectivity index is 3.08. The van der Waals surface area contributed by atoms with E-state index in [1.807, 2.05) is 27.0 Å². The molecule has 114 valence electrons. The van der Waals surface area contributed by atoms with Gasteiger partial charge in [0.1, 0.15) is 0 Å². The summed E-state index contributed by atoms with van der Waals surface area (Å²) in [5.41, 5.74) is 0.419. The number of rotatable bonds is 4. The van der Waals surface area contributed by atoms with Crippen molar-refractivity contribution in [3.8, 4) is 5.88 Å². The van der Waals surface area contributed by atoms with Crippen LogP contribution in [-0.4, -0.2) is 36.8 Å². The Kier molecular flexibility index (Phi) is 4.66. The van der Waals surface area contributed by atoms with E-state index < -0.39 is 0 Å². The number of hydrogen-bond acceptors (Lipinski definition) is 6. The number of nitrogens with zero attached hydrogens (tertiary/aromatic N) is 5. The highest BCUT2D eigenvalue weighted by Gasteiger charge is 2.17. The summed E-state index contributed by atoms with van der Waals surface area (Å²) < 4.78 is 3.05. The Morgan fingerprint density at radius 3 is 2.52 bits per heavy atom. The van der Waals surface area contributed by atoms with E-state index >= 15 is 0 Å². The Morgan fingerprint density at radius 2 is 2.00 bits per heavy atom. The Labute approximate surface area is 126 Å². The molecule has 0 aromatic carbocycles. The molecule has 0 bridgehead atoms. The molecule has 0 unspecified atom stereocenters. The fourth-order valence-corrected chi connectivity index (χ4v) is 2.70. The molecule has 21 heavy (non-hydrogen) atoms. The van der Waals surface area contributed by atoms with Gasteiger partial charge in [0, 0.05) is 13.1 Å². The lowest BCUT2D eigenvalue weighted by Gasteiger charge is -2.15. The molecule has 0 fully saturated rings. The first-order valence-corrected chi connectivity index (χ1v) is 8.11. The van der Waals surface area contributed by atoms with Crippen LogP contribution in [0.2, 0.25) is 0 Å². The van der Waals surface area contributed by atoms with Gasteiger partial charge in [0.05, 0.1) is 5.56 Å². The summed E-state index contributed by atoms with van der Waals surface area (Å²) in [5.74, 6) is 0.335. The maximum absolute atomic E-state index is 12.6. The Hall–Kier alpha value is -1.83. The quantitative estimate of drug-likeness (QED) is 0.845. The normalized spacial score (nSPS) is 12.3. The van der Waals surface area contributed by atoms with Gasteiger partial charge in [0.2, 0.25) is 17.3 Å². The second-order valence-electron chi connectivity index (χ2n) is 4.33. The lowest BCUT2D eigenvalue weighted by atomic mass is 10.2. The predicted octanol–water partition coefficient (Wildman–Crippen LogP) is 0.821. The molecular formula is C13H19N5O2S. The maximum Gasteiger partial charge on any atom is 0.268 e. The molecule has 2 rings (SSSR count). The summed E-state index contributed by atoms with van der Waals surface area (Å²) in [7, 11) is 0. The van der Waals surface area contributed by atoms with Crippen molar-refractivity contribution in [1.29, 1.82) is 0 Å². The van der Waals surface area contributed by atoms with Gasteiger partial charge in [0.25, 0.3) is 5.56 Å². The van der Waals surface area contributed by atoms with Gasteiger partial charge in [-0.15, -0.1) is 0 Å². The van der Waals surface area contributed by atoms with E-state index in [-0.39, 0.29) is 11.4 Å². The SMILES string of the molecule is CCN=c1nc(SC)n2c(=O)c(CC)c(O)n(CC)c2n1. The van der Waals surface area contributed by atoms with E-state index in [1.165, 1.54) is 16.2 Å². The molecule has 0 atom stereocenters. The highest BCUT2D eigenvalue weighted by atomic mass is 32.2. The molecule has 2 aromatic rings. The lowest BCUT2D eigenvalue weighted by Crippen LogP contribution is -2.30. The largest absolute Gasteiger partial charge is 0.494 e. The topological polar surface area (TPSA) is 84.8 Å². The third kappa shape index (κ3) is 2.55. The minimum Gasteiger partial charge on any atom is -0.494 e. The molecule has 2 heterocycles. The fourth-order valence-electron chi connectivity index (χ4n) is 2.18. The van der Waals surface area contributed by atoms with Crippen LogP contribution in [0, 0.1) is 0 Å². The molecule has 0 saturated carbocycles. The van der Waals surface area contributed by atoms with Crippen LogP contribution >= 0.6 is 11.8 Å². The number of aromatic hydroxyl groups is 1. The molecule has 0 aliphatic heterocycles. The number of aromatic nitrogens is 4. The van der Waals surface area contributed by atoms with Gasteiger partial charge in [-0.1, -0.05) is 18.7 Å². The average Bonchev–Trinajstić information content (AvgIpc) is 2.47. The maximum atomic E-state index is 12.6. The molecule has 0 saturated heterocycles. The second-order valence-corrected chi connectivity index (χ2v) is 5.10. The van der Waals surface area contributed by atoms with E-state index in [1.54, 1.807) is 4.57 Å². The van der Waals surface area contributed by atoms with Crippen LogP contribution in [0.5, 0.6) is 5.88 Å². The van der Waals surface area contributed by atoms with Crippen LogP contribution in [0.4, 0.5) is 0 Å². The van der Waals surface area contributed by atoms with Crippen LogP contribution in [0.3, 0.4) is 0 Å². The van der Waals surface area contributed by atoms with Gasteiger partial charge >= 0.3 is 0 Å². The second kappa shape index (κ2) is 6.30. The van der Waals surface area contributed by atoms with Crippen molar-refractivity contribution >= 4 is 17.5 Å². The summed E-state index contributed by atoms with van der Waals surface area (Å²) in [5, 5.41) is 10.8. The Bertz CT molecular complexity index is 794. The van der Waals surface area contributed by atoms with Gasteiger partial charge < -0.3 is 5.11 Å². The zero-order valence-electron chi connectivity index (χ0n) is 12.6. The molecule has 7 nitrogen and oxygen atoms in total. The first-order valence-electron chi connectivity index (χ1n) is 6.88. The van der Waals surface area contributed by atoms with E-state index in [4.69, 9.17) is 0 Å². The molecule has 0 aliphatic rings. The number of fused-ring (bicyclic) bond motifs is 1. The molecular weight excluding hydrogens is 290 g/mol. The van der Waals surface area contributed by atoms with Gasteiger partial charge in [-0.3, -0.25) is 9.36 Å². The zero-order chi connectivity index (χ0) is 15.6. The van der Waals surface area contributed by atoms with Gasteiger partial charge in [0.15, 0.2) is 5.16 Å². The third-order valence-electron chi connectivity index (χ3n) is 3.17. The van der Waals surface area contributed by atoms with Crippen molar-refractivity contribution < 1.29 is 5.11 Å². The van der Waals surface area contributed by atoms with Crippen molar-refractivity contribution in [3.05, 3.63) is 21.5 Å². The molecule has 1 N–H and O–H groups in total. The summed E-state index contributed by atoms with van der Waals surface area (Å²) in [4.78, 5) is 25.4. The van der Waals surface area contributed by atoms with Crippen molar-refractivity contribution in [2.45, 2.75) is 38.9 Å². The van der Waals surface area contributed by atoms with Crippen molar-refractivity contribution in [1.82, 2.24) is 18.9 Å². The monoisotopic (exact) mass is 309 g/mol. The van der Waals surface area contributed by atoms with Crippen LogP contribution in [0.25, 0.3) is 5.78 Å². The summed E-state index contributed by atoms with van der Waals surface area (Å²) >= 11 is 1.35. The van der Waals surface area contributed by atoms with Gasteiger partial charge in [-0.25, -0.2) is 9.39 Å². The molecule has 8 heteroatoms. The van der Waals surface area contributed by atoms with Crippen LogP contribution in [0.1, 0.15) is 26.3 Å². The minimum absolute atomic E-state index is 0.0294.